The van der Waals surface area contributed by atoms with Gasteiger partial charge in [0.25, 0.3) is 0 Å². The molecule has 28 heavy (non-hydrogen) atoms. The van der Waals surface area contributed by atoms with Gasteiger partial charge >= 0.3 is 12.4 Å². The Balaban J connectivity index is 2.52. The Kier molecular flexibility index (Phi) is 6.60. The van der Waals surface area contributed by atoms with Crippen molar-refractivity contribution in [3.63, 3.8) is 0 Å². The maximum atomic E-state index is 13.3. The van der Waals surface area contributed by atoms with Gasteiger partial charge in [-0.05, 0) is 37.0 Å². The minimum absolute atomic E-state index is 0.0180. The predicted molar refractivity (Wildman–Crippen MR) is 93.6 cm³/mol. The van der Waals surface area contributed by atoms with Gasteiger partial charge in [-0.1, -0.05) is 26.0 Å². The van der Waals surface area contributed by atoms with Crippen molar-refractivity contribution in [3.05, 3.63) is 41.1 Å². The third-order valence-corrected chi connectivity index (χ3v) is 4.31. The number of hydrogen-bond acceptors (Lipinski definition) is 3. The van der Waals surface area contributed by atoms with E-state index in [4.69, 9.17) is 0 Å². The van der Waals surface area contributed by atoms with Crippen LogP contribution in [0.5, 0.6) is 0 Å². The van der Waals surface area contributed by atoms with Gasteiger partial charge < -0.3 is 10.4 Å². The van der Waals surface area contributed by atoms with E-state index in [-0.39, 0.29) is 23.5 Å². The van der Waals surface area contributed by atoms with Crippen LogP contribution < -0.4 is 5.32 Å². The van der Waals surface area contributed by atoms with Crippen LogP contribution in [0.1, 0.15) is 50.1 Å². The number of aliphatic hydroxyl groups excluding tert-OH is 1. The van der Waals surface area contributed by atoms with Crippen LogP contribution in [0.15, 0.2) is 24.3 Å². The highest BCUT2D eigenvalue weighted by molar-refractivity contribution is 5.86. The highest BCUT2D eigenvalue weighted by Crippen LogP contribution is 2.38. The quantitative estimate of drug-likeness (QED) is 0.635. The summed E-state index contributed by atoms with van der Waals surface area (Å²) in [6, 6.07) is 3.59. The highest BCUT2D eigenvalue weighted by Gasteiger charge is 2.38. The van der Waals surface area contributed by atoms with E-state index in [1.165, 1.54) is 6.07 Å². The molecule has 1 heterocycles. The van der Waals surface area contributed by atoms with Crippen LogP contribution in [0.25, 0.3) is 10.9 Å². The van der Waals surface area contributed by atoms with Crippen molar-refractivity contribution in [2.24, 2.45) is 5.92 Å². The van der Waals surface area contributed by atoms with E-state index >= 15 is 0 Å². The van der Waals surface area contributed by atoms with E-state index in [9.17, 15) is 31.4 Å². The molecule has 0 spiro atoms. The minimum Gasteiger partial charge on any atom is -0.387 e. The van der Waals surface area contributed by atoms with E-state index in [1.54, 1.807) is 0 Å². The Hall–Kier alpha value is -1.87. The van der Waals surface area contributed by atoms with E-state index in [0.29, 0.717) is 18.1 Å². The minimum atomic E-state index is -4.94. The molecule has 9 heteroatoms. The number of alkyl halides is 6. The molecule has 3 nitrogen and oxygen atoms in total. The molecular weight excluding hydrogens is 386 g/mol. The first-order valence-corrected chi connectivity index (χ1v) is 8.80. The van der Waals surface area contributed by atoms with E-state index < -0.39 is 35.2 Å². The van der Waals surface area contributed by atoms with Crippen molar-refractivity contribution in [2.45, 2.75) is 51.7 Å². The number of para-hydroxylation sites is 1. The lowest BCUT2D eigenvalue weighted by atomic mass is 9.99. The zero-order valence-corrected chi connectivity index (χ0v) is 15.6. The number of nitrogens with one attached hydrogen (secondary N) is 1. The summed E-state index contributed by atoms with van der Waals surface area (Å²) in [5, 5.41) is 13.3. The number of fused-ring (bicyclic) bond motifs is 1. The third-order valence-electron chi connectivity index (χ3n) is 4.31. The molecule has 0 saturated carbocycles. The number of aromatic nitrogens is 1. The Morgan fingerprint density at radius 3 is 2.21 bits per heavy atom. The average Bonchev–Trinajstić information content (AvgIpc) is 2.55. The topological polar surface area (TPSA) is 45.1 Å². The number of rotatable bonds is 6. The highest BCUT2D eigenvalue weighted by atomic mass is 19.4. The van der Waals surface area contributed by atoms with Gasteiger partial charge in [0.1, 0.15) is 5.69 Å². The molecule has 0 radical (unpaired) electrons. The van der Waals surface area contributed by atoms with Crippen LogP contribution in [0.4, 0.5) is 26.3 Å². The summed E-state index contributed by atoms with van der Waals surface area (Å²) in [5.41, 5.74) is -3.81. The molecule has 0 aliphatic carbocycles. The maximum Gasteiger partial charge on any atom is 0.433 e. The largest absolute Gasteiger partial charge is 0.433 e. The fourth-order valence-electron chi connectivity index (χ4n) is 3.14. The molecule has 0 amide bonds. The van der Waals surface area contributed by atoms with Crippen LogP contribution >= 0.6 is 0 Å². The van der Waals surface area contributed by atoms with Gasteiger partial charge in [0.2, 0.25) is 0 Å². The summed E-state index contributed by atoms with van der Waals surface area (Å²) in [7, 11) is 0. The summed E-state index contributed by atoms with van der Waals surface area (Å²) in [5.74, 6) is 0.368. The number of aliphatic hydroxyl groups is 1. The molecule has 0 aliphatic rings. The number of pyridine rings is 1. The summed E-state index contributed by atoms with van der Waals surface area (Å²) in [4.78, 5) is 3.21. The first-order valence-electron chi connectivity index (χ1n) is 8.80. The second-order valence-corrected chi connectivity index (χ2v) is 7.25. The van der Waals surface area contributed by atoms with Gasteiger partial charge in [-0.2, -0.15) is 26.3 Å². The van der Waals surface area contributed by atoms with Crippen molar-refractivity contribution in [2.75, 3.05) is 6.54 Å². The Labute approximate surface area is 158 Å². The van der Waals surface area contributed by atoms with Gasteiger partial charge in [0.05, 0.1) is 17.2 Å². The molecule has 2 unspecified atom stereocenters. The molecule has 1 aromatic carbocycles. The van der Waals surface area contributed by atoms with Gasteiger partial charge in [-0.3, -0.25) is 0 Å². The lowest BCUT2D eigenvalue weighted by Crippen LogP contribution is -2.31. The standard InChI is InChI=1S/C19H22F6N2O/c1-10(2)7-11(3)26-9-15(28)13-8-16(19(23,24)25)27-17-12(13)5-4-6-14(17)18(20,21)22/h4-6,8,10-11,15,26,28H,7,9H2,1-3H3. The van der Waals surface area contributed by atoms with Gasteiger partial charge in [-0.15, -0.1) is 0 Å². The second-order valence-electron chi connectivity index (χ2n) is 7.25. The lowest BCUT2D eigenvalue weighted by Gasteiger charge is -2.21. The SMILES string of the molecule is CC(C)CC(C)NCC(O)c1cc(C(F)(F)F)nc2c(C(F)(F)F)cccc12. The van der Waals surface area contributed by atoms with Crippen LogP contribution in [-0.2, 0) is 12.4 Å². The van der Waals surface area contributed by atoms with Gasteiger partial charge in [0.15, 0.2) is 0 Å². The van der Waals surface area contributed by atoms with Crippen molar-refractivity contribution >= 4 is 10.9 Å². The molecule has 0 aliphatic heterocycles. The molecule has 0 bridgehead atoms. The number of nitrogens with zero attached hydrogens (tertiary/aromatic N) is 1. The second kappa shape index (κ2) is 8.24. The summed E-state index contributed by atoms with van der Waals surface area (Å²) < 4.78 is 79.4. The van der Waals surface area contributed by atoms with Crippen LogP contribution in [0, 0.1) is 5.92 Å². The molecule has 2 aromatic rings. The lowest BCUT2D eigenvalue weighted by molar-refractivity contribution is -0.142. The summed E-state index contributed by atoms with van der Waals surface area (Å²) >= 11 is 0. The Bertz CT molecular complexity index is 816. The smallest absolute Gasteiger partial charge is 0.387 e. The molecule has 156 valence electrons. The molecule has 1 aromatic heterocycles. The summed E-state index contributed by atoms with van der Waals surface area (Å²) in [6.45, 7) is 5.76. The first-order chi connectivity index (χ1) is 12.8. The monoisotopic (exact) mass is 408 g/mol. The normalized spacial score (nSPS) is 15.2. The molecule has 2 N–H and O–H groups in total. The molecule has 2 rings (SSSR count). The zero-order valence-electron chi connectivity index (χ0n) is 15.6. The van der Waals surface area contributed by atoms with Crippen molar-refractivity contribution in [1.29, 1.82) is 0 Å². The third kappa shape index (κ3) is 5.35. The fourth-order valence-corrected chi connectivity index (χ4v) is 3.14. The molecule has 0 fully saturated rings. The van der Waals surface area contributed by atoms with Crippen molar-refractivity contribution in [3.8, 4) is 0 Å². The van der Waals surface area contributed by atoms with E-state index in [1.807, 2.05) is 20.8 Å². The average molecular weight is 408 g/mol. The predicted octanol–water partition coefficient (Wildman–Crippen LogP) is 5.33. The number of hydrogen-bond donors (Lipinski definition) is 2. The maximum absolute atomic E-state index is 13.3. The number of benzene rings is 1. The molecule has 2 atom stereocenters. The summed E-state index contributed by atoms with van der Waals surface area (Å²) in [6.07, 6.45) is -10.5. The van der Waals surface area contributed by atoms with Crippen LogP contribution in [-0.4, -0.2) is 22.7 Å². The zero-order chi connectivity index (χ0) is 21.3. The van der Waals surface area contributed by atoms with Crippen molar-refractivity contribution < 1.29 is 31.4 Å². The van der Waals surface area contributed by atoms with Crippen LogP contribution in [0.2, 0.25) is 0 Å². The van der Waals surface area contributed by atoms with Gasteiger partial charge in [0, 0.05) is 18.0 Å². The number of halogens is 6. The Morgan fingerprint density at radius 2 is 1.68 bits per heavy atom. The van der Waals surface area contributed by atoms with E-state index in [0.717, 1.165) is 12.5 Å². The van der Waals surface area contributed by atoms with Gasteiger partial charge in [-0.25, -0.2) is 4.98 Å². The molecular formula is C19H22F6N2O. The van der Waals surface area contributed by atoms with Crippen molar-refractivity contribution in [1.82, 2.24) is 10.3 Å². The first kappa shape index (κ1) is 22.4. The van der Waals surface area contributed by atoms with Crippen LogP contribution in [0.3, 0.4) is 0 Å². The fraction of sp³-hybridized carbons (Fsp3) is 0.526. The molecule has 0 saturated heterocycles. The Morgan fingerprint density at radius 1 is 1.04 bits per heavy atom. The van der Waals surface area contributed by atoms with E-state index in [2.05, 4.69) is 10.3 Å².